The van der Waals surface area contributed by atoms with Crippen molar-refractivity contribution in [1.29, 1.82) is 0 Å². The third-order valence-electron chi connectivity index (χ3n) is 0.801. The summed E-state index contributed by atoms with van der Waals surface area (Å²) in [5, 5.41) is 8.14. The first kappa shape index (κ1) is 8.10. The van der Waals surface area contributed by atoms with Crippen LogP contribution < -0.4 is 5.73 Å². The minimum atomic E-state index is -1.22. The van der Waals surface area contributed by atoms with E-state index in [0.717, 1.165) is 0 Å². The van der Waals surface area contributed by atoms with Crippen LogP contribution in [0.3, 0.4) is 0 Å². The Labute approximate surface area is 52.7 Å². The molecular formula is C5H9NO3. The van der Waals surface area contributed by atoms with E-state index in [1.165, 1.54) is 6.92 Å². The highest BCUT2D eigenvalue weighted by Gasteiger charge is 2.20. The van der Waals surface area contributed by atoms with Crippen molar-refractivity contribution in [2.24, 2.45) is 5.73 Å². The molecule has 1 atom stereocenters. The van der Waals surface area contributed by atoms with Gasteiger partial charge in [0.15, 0.2) is 0 Å². The van der Waals surface area contributed by atoms with Crippen LogP contribution >= 0.6 is 0 Å². The summed E-state index contributed by atoms with van der Waals surface area (Å²) in [5.74, 6) is -1.06. The van der Waals surface area contributed by atoms with Crippen LogP contribution in [-0.4, -0.2) is 22.9 Å². The molecule has 0 saturated carbocycles. The maximum atomic E-state index is 9.97. The largest absolute Gasteiger partial charge is 0.481 e. The molecule has 0 aliphatic carbocycles. The lowest BCUT2D eigenvalue weighted by Gasteiger charge is -2.11. The average Bonchev–Trinajstić information content (AvgIpc) is 1.63. The van der Waals surface area contributed by atoms with E-state index in [4.69, 9.17) is 10.8 Å². The highest BCUT2D eigenvalue weighted by molar-refractivity contribution is 5.76. The lowest BCUT2D eigenvalue weighted by atomic mass is 10.0. The van der Waals surface area contributed by atoms with Crippen molar-refractivity contribution < 1.29 is 14.7 Å². The number of aldehydes is 1. The highest BCUT2D eigenvalue weighted by Crippen LogP contribution is 1.99. The van der Waals surface area contributed by atoms with Gasteiger partial charge in [-0.15, -0.1) is 0 Å². The Morgan fingerprint density at radius 1 is 1.89 bits per heavy atom. The second-order valence-electron chi connectivity index (χ2n) is 2.19. The molecule has 3 N–H and O–H groups in total. The van der Waals surface area contributed by atoms with Crippen LogP contribution in [0.15, 0.2) is 0 Å². The Balaban J connectivity index is 3.86. The molecule has 4 heteroatoms. The third-order valence-corrected chi connectivity index (χ3v) is 0.801. The van der Waals surface area contributed by atoms with Crippen molar-refractivity contribution in [3.63, 3.8) is 0 Å². The molecule has 0 bridgehead atoms. The second kappa shape index (κ2) is 2.59. The normalized spacial score (nSPS) is 16.2. The Kier molecular flexibility index (Phi) is 2.33. The van der Waals surface area contributed by atoms with Crippen LogP contribution in [0.2, 0.25) is 0 Å². The summed E-state index contributed by atoms with van der Waals surface area (Å²) >= 11 is 0. The number of rotatable bonds is 3. The number of hydrogen-bond donors (Lipinski definition) is 2. The molecule has 0 aliphatic heterocycles. The Morgan fingerprint density at radius 2 is 2.33 bits per heavy atom. The smallest absolute Gasteiger partial charge is 0.305 e. The van der Waals surface area contributed by atoms with E-state index < -0.39 is 11.5 Å². The van der Waals surface area contributed by atoms with Crippen molar-refractivity contribution in [3.8, 4) is 0 Å². The molecule has 0 fully saturated rings. The standard InChI is InChI=1S/C5H9NO3/c1-5(6,3-7)2-4(8)9/h3H,2,6H2,1H3,(H,8,9)/t5-/m1/s1. The number of aliphatic carboxylic acids is 1. The number of hydrogen-bond acceptors (Lipinski definition) is 3. The lowest BCUT2D eigenvalue weighted by molar-refractivity contribution is -0.139. The van der Waals surface area contributed by atoms with Gasteiger partial charge in [0.2, 0.25) is 0 Å². The van der Waals surface area contributed by atoms with E-state index in [2.05, 4.69) is 0 Å². The summed E-state index contributed by atoms with van der Waals surface area (Å²) in [6.45, 7) is 1.37. The van der Waals surface area contributed by atoms with Crippen LogP contribution in [0.4, 0.5) is 0 Å². The van der Waals surface area contributed by atoms with E-state index >= 15 is 0 Å². The Morgan fingerprint density at radius 3 is 2.44 bits per heavy atom. The summed E-state index contributed by atoms with van der Waals surface area (Å²) in [5.41, 5.74) is 3.95. The molecular weight excluding hydrogens is 122 g/mol. The Bertz CT molecular complexity index is 130. The van der Waals surface area contributed by atoms with Crippen LogP contribution in [0.1, 0.15) is 13.3 Å². The molecule has 0 rings (SSSR count). The zero-order valence-electron chi connectivity index (χ0n) is 5.13. The monoisotopic (exact) mass is 131 g/mol. The molecule has 0 saturated heterocycles. The van der Waals surface area contributed by atoms with Crippen LogP contribution in [-0.2, 0) is 9.59 Å². The zero-order valence-corrected chi connectivity index (χ0v) is 5.13. The summed E-state index contributed by atoms with van der Waals surface area (Å²) in [7, 11) is 0. The molecule has 9 heavy (non-hydrogen) atoms. The minimum absolute atomic E-state index is 0.323. The van der Waals surface area contributed by atoms with Crippen molar-refractivity contribution in [2.75, 3.05) is 0 Å². The van der Waals surface area contributed by atoms with Crippen molar-refractivity contribution >= 4 is 12.3 Å². The second-order valence-corrected chi connectivity index (χ2v) is 2.19. The van der Waals surface area contributed by atoms with Gasteiger partial charge in [-0.25, -0.2) is 0 Å². The average molecular weight is 131 g/mol. The van der Waals surface area contributed by atoms with Crippen LogP contribution in [0.5, 0.6) is 0 Å². The molecule has 0 aliphatic rings. The van der Waals surface area contributed by atoms with Gasteiger partial charge in [0.25, 0.3) is 0 Å². The number of carboxylic acids is 1. The van der Waals surface area contributed by atoms with E-state index in [-0.39, 0.29) is 6.42 Å². The molecule has 52 valence electrons. The fourth-order valence-electron chi connectivity index (χ4n) is 0.368. The molecule has 0 heterocycles. The van der Waals surface area contributed by atoms with Crippen LogP contribution in [0, 0.1) is 0 Å². The topological polar surface area (TPSA) is 80.4 Å². The quantitative estimate of drug-likeness (QED) is 0.500. The molecule has 0 aromatic carbocycles. The SMILES string of the molecule is C[C@](N)(C=O)CC(=O)O. The fraction of sp³-hybridized carbons (Fsp3) is 0.600. The summed E-state index contributed by atoms with van der Waals surface area (Å²) in [4.78, 5) is 19.9. The van der Waals surface area contributed by atoms with Crippen LogP contribution in [0.25, 0.3) is 0 Å². The van der Waals surface area contributed by atoms with Gasteiger partial charge in [0.1, 0.15) is 6.29 Å². The molecule has 0 amide bonds. The van der Waals surface area contributed by atoms with E-state index in [1.807, 2.05) is 0 Å². The summed E-state index contributed by atoms with van der Waals surface area (Å²) < 4.78 is 0. The van der Waals surface area contributed by atoms with E-state index in [1.54, 1.807) is 0 Å². The van der Waals surface area contributed by atoms with Crippen molar-refractivity contribution in [2.45, 2.75) is 18.9 Å². The first-order valence-electron chi connectivity index (χ1n) is 2.45. The molecule has 0 spiro atoms. The maximum absolute atomic E-state index is 9.97. The van der Waals surface area contributed by atoms with Crippen molar-refractivity contribution in [3.05, 3.63) is 0 Å². The minimum Gasteiger partial charge on any atom is -0.481 e. The number of nitrogens with two attached hydrogens (primary N) is 1. The van der Waals surface area contributed by atoms with Gasteiger partial charge >= 0.3 is 5.97 Å². The molecule has 0 aromatic heterocycles. The maximum Gasteiger partial charge on any atom is 0.305 e. The third kappa shape index (κ3) is 3.66. The summed E-state index contributed by atoms with van der Waals surface area (Å²) in [6, 6.07) is 0. The van der Waals surface area contributed by atoms with Gasteiger partial charge in [-0.1, -0.05) is 0 Å². The number of carbonyl (C=O) groups excluding carboxylic acids is 1. The van der Waals surface area contributed by atoms with Gasteiger partial charge in [0.05, 0.1) is 12.0 Å². The molecule has 0 aromatic rings. The lowest BCUT2D eigenvalue weighted by Crippen LogP contribution is -2.40. The predicted molar refractivity (Wildman–Crippen MR) is 30.9 cm³/mol. The van der Waals surface area contributed by atoms with E-state index in [0.29, 0.717) is 6.29 Å². The first-order valence-corrected chi connectivity index (χ1v) is 2.45. The van der Waals surface area contributed by atoms with Gasteiger partial charge < -0.3 is 15.6 Å². The summed E-state index contributed by atoms with van der Waals surface area (Å²) in [6.07, 6.45) is 0.109. The van der Waals surface area contributed by atoms with Gasteiger partial charge in [-0.2, -0.15) is 0 Å². The number of carboxylic acid groups (broad SMARTS) is 1. The predicted octanol–water partition coefficient (Wildman–Crippen LogP) is -0.623. The molecule has 0 radical (unpaired) electrons. The molecule has 4 nitrogen and oxygen atoms in total. The van der Waals surface area contributed by atoms with Gasteiger partial charge in [-0.05, 0) is 6.92 Å². The molecule has 0 unspecified atom stereocenters. The Hall–Kier alpha value is -0.900. The fourth-order valence-corrected chi connectivity index (χ4v) is 0.368. The van der Waals surface area contributed by atoms with Crippen molar-refractivity contribution in [1.82, 2.24) is 0 Å². The van der Waals surface area contributed by atoms with Gasteiger partial charge in [-0.3, -0.25) is 4.79 Å². The van der Waals surface area contributed by atoms with E-state index in [9.17, 15) is 9.59 Å². The van der Waals surface area contributed by atoms with Gasteiger partial charge in [0, 0.05) is 0 Å². The number of carbonyl (C=O) groups is 2. The zero-order chi connectivity index (χ0) is 7.49. The first-order chi connectivity index (χ1) is 3.98. The highest BCUT2D eigenvalue weighted by atomic mass is 16.4.